The first-order valence-corrected chi connectivity index (χ1v) is 13.8. The van der Waals surface area contributed by atoms with E-state index in [9.17, 15) is 18.1 Å². The van der Waals surface area contributed by atoms with Gasteiger partial charge in [0.1, 0.15) is 10.6 Å². The van der Waals surface area contributed by atoms with Gasteiger partial charge in [0.15, 0.2) is 0 Å². The van der Waals surface area contributed by atoms with E-state index in [-0.39, 0.29) is 17.1 Å². The maximum Gasteiger partial charge on any atom is 0.296 e. The van der Waals surface area contributed by atoms with Crippen molar-refractivity contribution in [1.82, 2.24) is 0 Å². The van der Waals surface area contributed by atoms with Gasteiger partial charge in [-0.05, 0) is 84.3 Å². The van der Waals surface area contributed by atoms with Gasteiger partial charge in [-0.1, -0.05) is 42.5 Å². The first-order chi connectivity index (χ1) is 19.2. The molecular weight excluding hydrogens is 524 g/mol. The molecule has 4 aromatic rings. The summed E-state index contributed by atoms with van der Waals surface area (Å²) in [6.45, 7) is 0. The summed E-state index contributed by atoms with van der Waals surface area (Å²) in [6, 6.07) is 27.4. The van der Waals surface area contributed by atoms with Gasteiger partial charge in [-0.15, -0.1) is 0 Å². The molecule has 0 aromatic heterocycles. The van der Waals surface area contributed by atoms with E-state index in [2.05, 4.69) is 15.3 Å². The monoisotopic (exact) mass is 550 g/mol. The van der Waals surface area contributed by atoms with Gasteiger partial charge in [-0.3, -0.25) is 4.55 Å². The molecule has 0 heterocycles. The average molecular weight is 551 g/mol. The second-order valence-electron chi connectivity index (χ2n) is 9.12. The van der Waals surface area contributed by atoms with Crippen LogP contribution in [-0.2, 0) is 16.5 Å². The maximum atomic E-state index is 11.7. The van der Waals surface area contributed by atoms with E-state index in [4.69, 9.17) is 5.73 Å². The lowest BCUT2D eigenvalue weighted by atomic mass is 10.0. The molecule has 0 saturated heterocycles. The van der Waals surface area contributed by atoms with Crippen molar-refractivity contribution in [1.29, 1.82) is 0 Å². The van der Waals surface area contributed by atoms with E-state index >= 15 is 0 Å². The minimum atomic E-state index is -4.54. The Labute approximate surface area is 232 Å². The van der Waals surface area contributed by atoms with Crippen LogP contribution >= 0.6 is 0 Å². The molecule has 4 aromatic carbocycles. The number of rotatable bonds is 7. The van der Waals surface area contributed by atoms with Crippen LogP contribution in [0.3, 0.4) is 0 Å². The van der Waals surface area contributed by atoms with Crippen molar-refractivity contribution in [3.63, 3.8) is 0 Å². The zero-order chi connectivity index (χ0) is 28.1. The molecule has 9 heteroatoms. The van der Waals surface area contributed by atoms with E-state index in [0.717, 1.165) is 46.1 Å². The van der Waals surface area contributed by atoms with E-state index in [0.29, 0.717) is 12.1 Å². The van der Waals surface area contributed by atoms with E-state index in [1.54, 1.807) is 12.1 Å². The number of nitrogens with two attached hydrogens (primary N) is 1. The first kappa shape index (κ1) is 26.6. The third-order valence-corrected chi connectivity index (χ3v) is 7.00. The minimum absolute atomic E-state index is 0.0153. The summed E-state index contributed by atoms with van der Waals surface area (Å²) < 4.78 is 33.0. The zero-order valence-corrected chi connectivity index (χ0v) is 22.1. The number of allylic oxidation sites excluding steroid dienone is 4. The molecule has 0 fully saturated rings. The Hall–Kier alpha value is -4.99. The normalized spacial score (nSPS) is 12.8. The van der Waals surface area contributed by atoms with Gasteiger partial charge in [0, 0.05) is 11.8 Å². The Morgan fingerprint density at radius 3 is 1.80 bits per heavy atom. The molecule has 1 aliphatic carbocycles. The smallest absolute Gasteiger partial charge is 0.296 e. The molecule has 0 saturated carbocycles. The van der Waals surface area contributed by atoms with Crippen LogP contribution in [0.1, 0.15) is 11.1 Å². The number of phenolic OH excluding ortho intramolecular Hbond substituents is 1. The Bertz CT molecular complexity index is 1740. The quantitative estimate of drug-likeness (QED) is 0.0894. The summed E-state index contributed by atoms with van der Waals surface area (Å²) >= 11 is 0. The summed E-state index contributed by atoms with van der Waals surface area (Å²) in [7, 11) is -4.54. The van der Waals surface area contributed by atoms with Crippen molar-refractivity contribution >= 4 is 50.0 Å². The number of benzene rings is 4. The van der Waals surface area contributed by atoms with Crippen molar-refractivity contribution in [2.45, 2.75) is 11.3 Å². The molecule has 0 bridgehead atoms. The SMILES string of the molecule is Nc1cc(S(=O)(=O)O)c(Nc2ccc(Cc3ccc(N=C4C=CC(=Nc5ccccc5)C=C4)cc3)cc2)cc1O. The molecule has 0 atom stereocenters. The van der Waals surface area contributed by atoms with Crippen molar-refractivity contribution < 1.29 is 18.1 Å². The number of aromatic hydroxyl groups is 1. The predicted molar refractivity (Wildman–Crippen MR) is 160 cm³/mol. The fraction of sp³-hybridized carbons (Fsp3) is 0.0323. The third kappa shape index (κ3) is 6.71. The number of nitrogen functional groups attached to an aromatic ring is 1. The van der Waals surface area contributed by atoms with Gasteiger partial charge in [-0.2, -0.15) is 8.42 Å². The lowest BCUT2D eigenvalue weighted by Gasteiger charge is -2.13. The molecule has 0 aliphatic heterocycles. The number of nitrogens with zero attached hydrogens (tertiary/aromatic N) is 2. The standard InChI is InChI=1S/C31H26N4O4S/c32-28-19-31(40(37,38)39)29(20-30(28)36)35-27-12-8-22(9-13-27)18-21-6-10-24(11-7-21)34-26-16-14-25(15-17-26)33-23-4-2-1-3-5-23/h1-17,19-20,35-36H,18,32H2,(H,37,38,39). The molecule has 40 heavy (non-hydrogen) atoms. The molecule has 200 valence electrons. The molecule has 0 amide bonds. The number of phenols is 1. The van der Waals surface area contributed by atoms with Crippen molar-refractivity contribution in [3.8, 4) is 5.75 Å². The highest BCUT2D eigenvalue weighted by atomic mass is 32.2. The predicted octanol–water partition coefficient (Wildman–Crippen LogP) is 6.53. The Kier molecular flexibility index (Phi) is 7.59. The molecule has 8 nitrogen and oxygen atoms in total. The number of aliphatic imine (C=N–C) groups is 2. The molecule has 5 N–H and O–H groups in total. The molecule has 0 unspecified atom stereocenters. The fourth-order valence-corrected chi connectivity index (χ4v) is 4.75. The van der Waals surface area contributed by atoms with Crippen molar-refractivity contribution in [3.05, 3.63) is 126 Å². The summed E-state index contributed by atoms with van der Waals surface area (Å²) in [5, 5.41) is 12.8. The number of para-hydroxylation sites is 1. The van der Waals surface area contributed by atoms with Gasteiger partial charge in [0.25, 0.3) is 10.1 Å². The minimum Gasteiger partial charge on any atom is -0.506 e. The summed E-state index contributed by atoms with van der Waals surface area (Å²) in [4.78, 5) is 8.86. The molecule has 5 rings (SSSR count). The third-order valence-electron chi connectivity index (χ3n) is 6.11. The largest absolute Gasteiger partial charge is 0.506 e. The molecule has 1 aliphatic rings. The highest BCUT2D eigenvalue weighted by Crippen LogP contribution is 2.33. The van der Waals surface area contributed by atoms with E-state index in [1.807, 2.05) is 91.0 Å². The van der Waals surface area contributed by atoms with Crippen LogP contribution in [-0.4, -0.2) is 29.5 Å². The van der Waals surface area contributed by atoms with Crippen LogP contribution in [0.15, 0.2) is 130 Å². The lowest BCUT2D eigenvalue weighted by molar-refractivity contribution is 0.476. The lowest BCUT2D eigenvalue weighted by Crippen LogP contribution is -2.05. The number of anilines is 3. The average Bonchev–Trinajstić information content (AvgIpc) is 2.94. The van der Waals surface area contributed by atoms with Gasteiger partial charge in [-0.25, -0.2) is 9.98 Å². The zero-order valence-electron chi connectivity index (χ0n) is 21.3. The van der Waals surface area contributed by atoms with Crippen LogP contribution in [0.25, 0.3) is 0 Å². The topological polar surface area (TPSA) is 137 Å². The van der Waals surface area contributed by atoms with Crippen LogP contribution in [0.2, 0.25) is 0 Å². The number of nitrogens with one attached hydrogen (secondary N) is 1. The van der Waals surface area contributed by atoms with Gasteiger partial charge in [0.2, 0.25) is 0 Å². The van der Waals surface area contributed by atoms with E-state index < -0.39 is 15.0 Å². The summed E-state index contributed by atoms with van der Waals surface area (Å²) in [5.41, 5.74) is 11.6. The maximum absolute atomic E-state index is 11.7. The van der Waals surface area contributed by atoms with Crippen LogP contribution in [0.5, 0.6) is 5.75 Å². The summed E-state index contributed by atoms with van der Waals surface area (Å²) in [6.07, 6.45) is 8.46. The van der Waals surface area contributed by atoms with Crippen molar-refractivity contribution in [2.24, 2.45) is 9.98 Å². The van der Waals surface area contributed by atoms with Gasteiger partial charge < -0.3 is 16.2 Å². The molecular formula is C31H26N4O4S. The van der Waals surface area contributed by atoms with Gasteiger partial charge >= 0.3 is 0 Å². The Morgan fingerprint density at radius 1 is 0.725 bits per heavy atom. The Balaban J connectivity index is 1.22. The Morgan fingerprint density at radius 2 is 1.25 bits per heavy atom. The van der Waals surface area contributed by atoms with Crippen LogP contribution in [0, 0.1) is 0 Å². The summed E-state index contributed by atoms with van der Waals surface area (Å²) in [5.74, 6) is -0.294. The molecule has 0 spiro atoms. The first-order valence-electron chi connectivity index (χ1n) is 12.4. The fourth-order valence-electron chi connectivity index (χ4n) is 4.08. The highest BCUT2D eigenvalue weighted by Gasteiger charge is 2.18. The van der Waals surface area contributed by atoms with Crippen LogP contribution in [0.4, 0.5) is 28.4 Å². The number of hydrogen-bond donors (Lipinski definition) is 4. The van der Waals surface area contributed by atoms with E-state index in [1.165, 1.54) is 0 Å². The van der Waals surface area contributed by atoms with Crippen molar-refractivity contribution in [2.75, 3.05) is 11.1 Å². The second kappa shape index (κ2) is 11.4. The van der Waals surface area contributed by atoms with Gasteiger partial charge in [0.05, 0.1) is 34.2 Å². The number of hydrogen-bond acceptors (Lipinski definition) is 7. The van der Waals surface area contributed by atoms with Crippen LogP contribution < -0.4 is 11.1 Å². The second-order valence-corrected chi connectivity index (χ2v) is 10.5. The molecule has 0 radical (unpaired) electrons. The highest BCUT2D eigenvalue weighted by molar-refractivity contribution is 7.86.